The van der Waals surface area contributed by atoms with Crippen molar-refractivity contribution in [1.29, 1.82) is 0 Å². The summed E-state index contributed by atoms with van der Waals surface area (Å²) in [6.07, 6.45) is 69.1. The molecule has 0 saturated heterocycles. The largest absolute Gasteiger partial charge is 0.396 e. The van der Waals surface area contributed by atoms with Crippen molar-refractivity contribution in [2.75, 3.05) is 6.61 Å². The predicted molar refractivity (Wildman–Crippen MR) is 208 cm³/mol. The van der Waals surface area contributed by atoms with Crippen LogP contribution in [0.15, 0.2) is 146 Å². The van der Waals surface area contributed by atoms with Crippen LogP contribution in [-0.2, 0) is 4.79 Å². The van der Waals surface area contributed by atoms with Gasteiger partial charge in [0.1, 0.15) is 6.29 Å². The first-order valence-electron chi connectivity index (χ1n) is 17.7. The van der Waals surface area contributed by atoms with E-state index in [9.17, 15) is 4.79 Å². The molecule has 2 heteroatoms. The van der Waals surface area contributed by atoms with E-state index in [0.717, 1.165) is 103 Å². The number of allylic oxidation sites excluding steroid dienone is 24. The number of aliphatic hydroxyl groups is 1. The molecule has 0 amide bonds. The second kappa shape index (κ2) is 45.9. The topological polar surface area (TPSA) is 37.3 Å². The molecule has 0 aliphatic rings. The molecular formula is C44H66O2. The van der Waals surface area contributed by atoms with Gasteiger partial charge in [-0.2, -0.15) is 0 Å². The third-order valence-corrected chi connectivity index (χ3v) is 6.17. The van der Waals surface area contributed by atoms with Crippen LogP contribution in [0.3, 0.4) is 0 Å². The van der Waals surface area contributed by atoms with Crippen LogP contribution in [0.1, 0.15) is 117 Å². The van der Waals surface area contributed by atoms with Crippen LogP contribution in [0.2, 0.25) is 0 Å². The zero-order chi connectivity index (χ0) is 33.7. The Balaban J connectivity index is 0. The van der Waals surface area contributed by atoms with Gasteiger partial charge in [0, 0.05) is 13.0 Å². The lowest BCUT2D eigenvalue weighted by Crippen LogP contribution is -1.77. The Bertz CT molecular complexity index is 973. The van der Waals surface area contributed by atoms with Gasteiger partial charge in [-0.25, -0.2) is 0 Å². The monoisotopic (exact) mass is 627 g/mol. The molecule has 0 fully saturated rings. The quantitative estimate of drug-likeness (QED) is 0.0533. The van der Waals surface area contributed by atoms with Crippen molar-refractivity contribution in [3.8, 4) is 0 Å². The SMILES string of the molecule is CC/C=C\C/C=C\C/C=C\C/C=C\C/C=C\C/C=C\CCC=O.CC/C=C\C/C=C\C/C=C\C/C=C\C/C=C\C/C=C\CCCO. The van der Waals surface area contributed by atoms with Crippen LogP contribution in [0, 0.1) is 0 Å². The normalized spacial score (nSPS) is 13.2. The Morgan fingerprint density at radius 3 is 0.804 bits per heavy atom. The van der Waals surface area contributed by atoms with Crippen LogP contribution in [0.5, 0.6) is 0 Å². The maximum absolute atomic E-state index is 10.1. The number of aldehydes is 1. The number of unbranched alkanes of at least 4 members (excludes halogenated alkanes) is 2. The lowest BCUT2D eigenvalue weighted by molar-refractivity contribution is -0.107. The fourth-order valence-corrected chi connectivity index (χ4v) is 3.65. The Kier molecular flexibility index (Phi) is 44.6. The van der Waals surface area contributed by atoms with E-state index in [0.29, 0.717) is 6.42 Å². The van der Waals surface area contributed by atoms with E-state index in [4.69, 9.17) is 5.11 Å². The maximum atomic E-state index is 10.1. The molecule has 0 saturated carbocycles. The highest BCUT2D eigenvalue weighted by Crippen LogP contribution is 1.99. The van der Waals surface area contributed by atoms with Gasteiger partial charge in [0.2, 0.25) is 0 Å². The van der Waals surface area contributed by atoms with Crippen LogP contribution < -0.4 is 0 Å². The summed E-state index contributed by atoms with van der Waals surface area (Å²) in [5.41, 5.74) is 0. The second-order valence-corrected chi connectivity index (χ2v) is 10.4. The zero-order valence-corrected chi connectivity index (χ0v) is 29.3. The fraction of sp³-hybridized carbons (Fsp3) is 0.432. The summed E-state index contributed by atoms with van der Waals surface area (Å²) in [7, 11) is 0. The number of rotatable bonds is 28. The lowest BCUT2D eigenvalue weighted by atomic mass is 10.2. The summed E-state index contributed by atoms with van der Waals surface area (Å²) < 4.78 is 0. The smallest absolute Gasteiger partial charge is 0.120 e. The van der Waals surface area contributed by atoms with Crippen LogP contribution >= 0.6 is 0 Å². The lowest BCUT2D eigenvalue weighted by Gasteiger charge is -1.87. The van der Waals surface area contributed by atoms with E-state index in [2.05, 4.69) is 160 Å². The van der Waals surface area contributed by atoms with Gasteiger partial charge in [0.05, 0.1) is 0 Å². The molecule has 2 nitrogen and oxygen atoms in total. The summed E-state index contributed by atoms with van der Waals surface area (Å²) in [6.45, 7) is 4.59. The molecule has 0 heterocycles. The highest BCUT2D eigenvalue weighted by atomic mass is 16.2. The van der Waals surface area contributed by atoms with Gasteiger partial charge >= 0.3 is 0 Å². The Morgan fingerprint density at radius 1 is 0.326 bits per heavy atom. The van der Waals surface area contributed by atoms with Crippen molar-refractivity contribution in [3.05, 3.63) is 146 Å². The van der Waals surface area contributed by atoms with Gasteiger partial charge < -0.3 is 9.90 Å². The van der Waals surface area contributed by atoms with Gasteiger partial charge in [-0.05, 0) is 96.3 Å². The molecule has 0 atom stereocenters. The first-order chi connectivity index (χ1) is 22.8. The van der Waals surface area contributed by atoms with Crippen LogP contribution in [0.25, 0.3) is 0 Å². The Labute approximate surface area is 284 Å². The van der Waals surface area contributed by atoms with Gasteiger partial charge in [-0.15, -0.1) is 0 Å². The number of carbonyl (C=O) groups excluding carboxylic acids is 1. The molecular weight excluding hydrogens is 560 g/mol. The standard InChI is InChI=1S/C22H34O.C22H32O/c2*1-2-3-4-5-6-7-8-9-10-11-12-13-14-15-16-17-18-19-20-21-22-23/h3-4,6-7,9-10,12-13,15-16,18-19,23H,2,5,8,11,14,17,20-22H2,1H3;3-4,6-7,9-10,12-13,15-16,18-19,22H,2,5,8,11,14,17,20-21H2,1H3/b2*4-3-,7-6-,10-9-,13-12-,16-15-,19-18-. The van der Waals surface area contributed by atoms with E-state index >= 15 is 0 Å². The minimum absolute atomic E-state index is 0.284. The summed E-state index contributed by atoms with van der Waals surface area (Å²) >= 11 is 0. The highest BCUT2D eigenvalue weighted by Gasteiger charge is 1.80. The van der Waals surface area contributed by atoms with Crippen molar-refractivity contribution in [2.45, 2.75) is 117 Å². The zero-order valence-electron chi connectivity index (χ0n) is 29.3. The van der Waals surface area contributed by atoms with Gasteiger partial charge in [-0.3, -0.25) is 0 Å². The van der Waals surface area contributed by atoms with Crippen LogP contribution in [0.4, 0.5) is 0 Å². The molecule has 0 aliphatic heterocycles. The van der Waals surface area contributed by atoms with Crippen molar-refractivity contribution in [1.82, 2.24) is 0 Å². The second-order valence-electron chi connectivity index (χ2n) is 10.4. The Hall–Kier alpha value is -3.49. The molecule has 0 rings (SSSR count). The summed E-state index contributed by atoms with van der Waals surface area (Å²) in [5.74, 6) is 0. The molecule has 0 aromatic carbocycles. The predicted octanol–water partition coefficient (Wildman–Crippen LogP) is 13.1. The minimum atomic E-state index is 0.284. The van der Waals surface area contributed by atoms with Crippen molar-refractivity contribution >= 4 is 6.29 Å². The molecule has 0 aliphatic carbocycles. The number of hydrogen-bond acceptors (Lipinski definition) is 2. The maximum Gasteiger partial charge on any atom is 0.120 e. The minimum Gasteiger partial charge on any atom is -0.396 e. The first-order valence-corrected chi connectivity index (χ1v) is 17.7. The molecule has 0 unspecified atom stereocenters. The molecule has 46 heavy (non-hydrogen) atoms. The Morgan fingerprint density at radius 2 is 0.565 bits per heavy atom. The third kappa shape index (κ3) is 47.4. The average Bonchev–Trinajstić information content (AvgIpc) is 3.07. The van der Waals surface area contributed by atoms with E-state index in [1.165, 1.54) is 0 Å². The molecule has 254 valence electrons. The molecule has 0 bridgehead atoms. The van der Waals surface area contributed by atoms with Crippen molar-refractivity contribution < 1.29 is 9.90 Å². The molecule has 1 N–H and O–H groups in total. The van der Waals surface area contributed by atoms with E-state index in [1.807, 2.05) is 0 Å². The van der Waals surface area contributed by atoms with E-state index in [-0.39, 0.29) is 6.61 Å². The molecule has 0 aromatic heterocycles. The van der Waals surface area contributed by atoms with Gasteiger partial charge in [0.25, 0.3) is 0 Å². The summed E-state index contributed by atoms with van der Waals surface area (Å²) in [5, 5.41) is 8.64. The van der Waals surface area contributed by atoms with Crippen LogP contribution in [-0.4, -0.2) is 18.0 Å². The van der Waals surface area contributed by atoms with E-state index < -0.39 is 0 Å². The highest BCUT2D eigenvalue weighted by molar-refractivity contribution is 5.49. The van der Waals surface area contributed by atoms with Gasteiger partial charge in [0.15, 0.2) is 0 Å². The molecule has 0 aromatic rings. The number of aliphatic hydroxyl groups excluding tert-OH is 1. The first kappa shape index (κ1) is 44.6. The number of hydrogen-bond donors (Lipinski definition) is 1. The van der Waals surface area contributed by atoms with Crippen molar-refractivity contribution in [3.63, 3.8) is 0 Å². The third-order valence-electron chi connectivity index (χ3n) is 6.17. The molecule has 0 radical (unpaired) electrons. The fourth-order valence-electron chi connectivity index (χ4n) is 3.65. The number of carbonyl (C=O) groups is 1. The van der Waals surface area contributed by atoms with E-state index in [1.54, 1.807) is 0 Å². The summed E-state index contributed by atoms with van der Waals surface area (Å²) in [6, 6.07) is 0. The van der Waals surface area contributed by atoms with Crippen molar-refractivity contribution in [2.24, 2.45) is 0 Å². The summed E-state index contributed by atoms with van der Waals surface area (Å²) in [4.78, 5) is 10.1. The average molecular weight is 627 g/mol. The molecule has 0 spiro atoms. The van der Waals surface area contributed by atoms with Gasteiger partial charge in [-0.1, -0.05) is 160 Å².